The Balaban J connectivity index is 2.20. The molecule has 0 unspecified atom stereocenters. The molecule has 1 fully saturated rings. The van der Waals surface area contributed by atoms with E-state index in [0.29, 0.717) is 0 Å². The van der Waals surface area contributed by atoms with Crippen LogP contribution in [0.3, 0.4) is 0 Å². The van der Waals surface area contributed by atoms with Crippen LogP contribution in [-0.4, -0.2) is 26.7 Å². The summed E-state index contributed by atoms with van der Waals surface area (Å²) in [7, 11) is 3.53. The Labute approximate surface area is 115 Å². The molecule has 0 saturated heterocycles. The van der Waals surface area contributed by atoms with Gasteiger partial charge in [-0.15, -0.1) is 0 Å². The SMILES string of the molecule is COC(=O)C1(CN(C)c2ccc(C)c(C)c2C)CC1. The molecule has 0 aliphatic heterocycles. The maximum Gasteiger partial charge on any atom is 0.313 e. The summed E-state index contributed by atoms with van der Waals surface area (Å²) >= 11 is 0. The van der Waals surface area contributed by atoms with Crippen LogP contribution in [0.1, 0.15) is 29.5 Å². The van der Waals surface area contributed by atoms with Gasteiger partial charge in [-0.05, 0) is 56.4 Å². The molecule has 1 aromatic rings. The number of nitrogens with zero attached hydrogens (tertiary/aromatic N) is 1. The highest BCUT2D eigenvalue weighted by Crippen LogP contribution is 2.47. The number of carbonyl (C=O) groups excluding carboxylic acids is 1. The summed E-state index contributed by atoms with van der Waals surface area (Å²) in [5, 5.41) is 0. The summed E-state index contributed by atoms with van der Waals surface area (Å²) in [6.07, 6.45) is 1.88. The van der Waals surface area contributed by atoms with Crippen LogP contribution in [0.2, 0.25) is 0 Å². The molecule has 0 atom stereocenters. The predicted octanol–water partition coefficient (Wildman–Crippen LogP) is 3.00. The Kier molecular flexibility index (Phi) is 3.57. The summed E-state index contributed by atoms with van der Waals surface area (Å²) in [4.78, 5) is 14.0. The number of carbonyl (C=O) groups is 1. The van der Waals surface area contributed by atoms with Gasteiger partial charge in [-0.25, -0.2) is 0 Å². The van der Waals surface area contributed by atoms with Crippen molar-refractivity contribution in [3.05, 3.63) is 28.8 Å². The van der Waals surface area contributed by atoms with E-state index in [-0.39, 0.29) is 11.4 Å². The van der Waals surface area contributed by atoms with E-state index in [9.17, 15) is 4.79 Å². The van der Waals surface area contributed by atoms with Crippen LogP contribution in [0.4, 0.5) is 5.69 Å². The number of benzene rings is 1. The van der Waals surface area contributed by atoms with E-state index in [1.54, 1.807) is 0 Å². The molecular weight excluding hydrogens is 238 g/mol. The Morgan fingerprint density at radius 1 is 1.26 bits per heavy atom. The monoisotopic (exact) mass is 261 g/mol. The number of hydrogen-bond acceptors (Lipinski definition) is 3. The van der Waals surface area contributed by atoms with Gasteiger partial charge in [0.2, 0.25) is 0 Å². The lowest BCUT2D eigenvalue weighted by Gasteiger charge is -2.26. The van der Waals surface area contributed by atoms with Crippen molar-refractivity contribution in [2.75, 3.05) is 25.6 Å². The maximum absolute atomic E-state index is 11.8. The van der Waals surface area contributed by atoms with E-state index in [4.69, 9.17) is 4.74 Å². The van der Waals surface area contributed by atoms with E-state index in [0.717, 1.165) is 19.4 Å². The highest BCUT2D eigenvalue weighted by Gasteiger charge is 2.51. The van der Waals surface area contributed by atoms with Crippen LogP contribution in [0, 0.1) is 26.2 Å². The number of hydrogen-bond donors (Lipinski definition) is 0. The number of esters is 1. The average molecular weight is 261 g/mol. The van der Waals surface area contributed by atoms with Crippen molar-refractivity contribution in [1.29, 1.82) is 0 Å². The molecule has 0 N–H and O–H groups in total. The quantitative estimate of drug-likeness (QED) is 0.780. The van der Waals surface area contributed by atoms with Crippen LogP contribution in [0.25, 0.3) is 0 Å². The van der Waals surface area contributed by atoms with E-state index in [1.165, 1.54) is 29.5 Å². The summed E-state index contributed by atoms with van der Waals surface area (Å²) in [6, 6.07) is 4.29. The fraction of sp³-hybridized carbons (Fsp3) is 0.562. The number of ether oxygens (including phenoxy) is 1. The first kappa shape index (κ1) is 13.9. The van der Waals surface area contributed by atoms with Gasteiger partial charge in [0, 0.05) is 19.3 Å². The minimum Gasteiger partial charge on any atom is -0.469 e. The Bertz CT molecular complexity index is 504. The maximum atomic E-state index is 11.8. The molecule has 1 aliphatic rings. The average Bonchev–Trinajstić information content (AvgIpc) is 3.15. The fourth-order valence-corrected chi connectivity index (χ4v) is 2.69. The van der Waals surface area contributed by atoms with Gasteiger partial charge in [-0.2, -0.15) is 0 Å². The van der Waals surface area contributed by atoms with E-state index >= 15 is 0 Å². The Hall–Kier alpha value is -1.51. The van der Waals surface area contributed by atoms with Crippen molar-refractivity contribution in [2.45, 2.75) is 33.6 Å². The van der Waals surface area contributed by atoms with Gasteiger partial charge >= 0.3 is 5.97 Å². The number of rotatable bonds is 4. The third-order valence-corrected chi connectivity index (χ3v) is 4.45. The van der Waals surface area contributed by atoms with Gasteiger partial charge in [-0.3, -0.25) is 4.79 Å². The highest BCUT2D eigenvalue weighted by molar-refractivity contribution is 5.80. The fourth-order valence-electron chi connectivity index (χ4n) is 2.69. The van der Waals surface area contributed by atoms with Gasteiger partial charge in [0.1, 0.15) is 0 Å². The molecule has 3 heteroatoms. The van der Waals surface area contributed by atoms with Crippen LogP contribution >= 0.6 is 0 Å². The summed E-state index contributed by atoms with van der Waals surface area (Å²) in [5.41, 5.74) is 4.87. The third-order valence-electron chi connectivity index (χ3n) is 4.45. The smallest absolute Gasteiger partial charge is 0.313 e. The predicted molar refractivity (Wildman–Crippen MR) is 77.6 cm³/mol. The lowest BCUT2D eigenvalue weighted by molar-refractivity contribution is -0.146. The van der Waals surface area contributed by atoms with E-state index in [2.05, 4.69) is 44.9 Å². The molecule has 0 spiro atoms. The minimum absolute atomic E-state index is 0.0687. The standard InChI is InChI=1S/C16H23NO2/c1-11-6-7-14(13(3)12(11)2)17(4)10-16(8-9-16)15(18)19-5/h6-7H,8-10H2,1-5H3. The van der Waals surface area contributed by atoms with Gasteiger partial charge in [-0.1, -0.05) is 6.07 Å². The van der Waals surface area contributed by atoms with Crippen molar-refractivity contribution in [1.82, 2.24) is 0 Å². The zero-order valence-corrected chi connectivity index (χ0v) is 12.5. The summed E-state index contributed by atoms with van der Waals surface area (Å²) in [6.45, 7) is 7.16. The van der Waals surface area contributed by atoms with Gasteiger partial charge in [0.15, 0.2) is 0 Å². The third kappa shape index (κ3) is 2.46. The van der Waals surface area contributed by atoms with Crippen molar-refractivity contribution in [3.8, 4) is 0 Å². The van der Waals surface area contributed by atoms with Crippen molar-refractivity contribution in [3.63, 3.8) is 0 Å². The zero-order valence-electron chi connectivity index (χ0n) is 12.5. The summed E-state index contributed by atoms with van der Waals surface area (Å²) < 4.78 is 4.92. The molecule has 0 amide bonds. The number of aryl methyl sites for hydroxylation is 1. The molecular formula is C16H23NO2. The van der Waals surface area contributed by atoms with Crippen LogP contribution < -0.4 is 4.90 Å². The molecule has 2 rings (SSSR count). The zero-order chi connectivity index (χ0) is 14.2. The number of anilines is 1. The van der Waals surface area contributed by atoms with E-state index < -0.39 is 0 Å². The lowest BCUT2D eigenvalue weighted by Crippen LogP contribution is -2.33. The molecule has 0 radical (unpaired) electrons. The van der Waals surface area contributed by atoms with Crippen LogP contribution in [-0.2, 0) is 9.53 Å². The molecule has 1 aromatic carbocycles. The van der Waals surface area contributed by atoms with Crippen molar-refractivity contribution >= 4 is 11.7 Å². The highest BCUT2D eigenvalue weighted by atomic mass is 16.5. The molecule has 1 aliphatic carbocycles. The van der Waals surface area contributed by atoms with Gasteiger partial charge < -0.3 is 9.64 Å². The molecule has 0 bridgehead atoms. The summed E-state index contributed by atoms with van der Waals surface area (Å²) in [5.74, 6) is -0.0687. The van der Waals surface area contributed by atoms with Crippen molar-refractivity contribution < 1.29 is 9.53 Å². The first-order valence-corrected chi connectivity index (χ1v) is 6.77. The molecule has 0 aromatic heterocycles. The normalized spacial score (nSPS) is 16.1. The largest absolute Gasteiger partial charge is 0.469 e. The Morgan fingerprint density at radius 3 is 2.42 bits per heavy atom. The molecule has 104 valence electrons. The minimum atomic E-state index is -0.269. The second-order valence-electron chi connectivity index (χ2n) is 5.78. The van der Waals surface area contributed by atoms with Gasteiger partial charge in [0.05, 0.1) is 12.5 Å². The molecule has 1 saturated carbocycles. The van der Waals surface area contributed by atoms with Crippen LogP contribution in [0.15, 0.2) is 12.1 Å². The number of methoxy groups -OCH3 is 1. The molecule has 0 heterocycles. The first-order chi connectivity index (χ1) is 8.91. The topological polar surface area (TPSA) is 29.5 Å². The second-order valence-corrected chi connectivity index (χ2v) is 5.78. The second kappa shape index (κ2) is 4.87. The Morgan fingerprint density at radius 2 is 1.89 bits per heavy atom. The molecule has 19 heavy (non-hydrogen) atoms. The lowest BCUT2D eigenvalue weighted by atomic mass is 10.0. The van der Waals surface area contributed by atoms with E-state index in [1.807, 2.05) is 0 Å². The van der Waals surface area contributed by atoms with Crippen molar-refractivity contribution in [2.24, 2.45) is 5.41 Å². The van der Waals surface area contributed by atoms with Gasteiger partial charge in [0.25, 0.3) is 0 Å². The first-order valence-electron chi connectivity index (χ1n) is 6.77. The molecule has 3 nitrogen and oxygen atoms in total. The van der Waals surface area contributed by atoms with Crippen LogP contribution in [0.5, 0.6) is 0 Å².